The van der Waals surface area contributed by atoms with Crippen LogP contribution in [0.15, 0.2) is 66.1 Å². The normalized spacial score (nSPS) is 15.1. The van der Waals surface area contributed by atoms with Crippen LogP contribution in [0.1, 0.15) is 12.5 Å². The monoisotopic (exact) mass is 415 g/mol. The van der Waals surface area contributed by atoms with E-state index >= 15 is 0 Å². The second-order valence-electron chi connectivity index (χ2n) is 6.80. The van der Waals surface area contributed by atoms with Crippen LogP contribution in [0.25, 0.3) is 28.0 Å². The summed E-state index contributed by atoms with van der Waals surface area (Å²) in [6, 6.07) is 9.13. The maximum absolute atomic E-state index is 13.0. The molecular formula is C22H17N5O4. The maximum atomic E-state index is 13.0. The number of nitrogens with zero attached hydrogens (tertiary/aromatic N) is 2. The van der Waals surface area contributed by atoms with Crippen molar-refractivity contribution >= 4 is 45.5 Å². The minimum Gasteiger partial charge on any atom is -0.462 e. The molecule has 0 saturated carbocycles. The molecular weight excluding hydrogens is 398 g/mol. The Morgan fingerprint density at radius 3 is 3.10 bits per heavy atom. The molecule has 0 saturated heterocycles. The van der Waals surface area contributed by atoms with Gasteiger partial charge in [-0.05, 0) is 43.3 Å². The zero-order valence-electron chi connectivity index (χ0n) is 16.4. The summed E-state index contributed by atoms with van der Waals surface area (Å²) >= 11 is 0. The summed E-state index contributed by atoms with van der Waals surface area (Å²) in [5.74, 6) is -1.26. The van der Waals surface area contributed by atoms with Gasteiger partial charge in [0.1, 0.15) is 5.65 Å². The average Bonchev–Trinajstić information content (AvgIpc) is 3.47. The molecule has 9 nitrogen and oxygen atoms in total. The minimum absolute atomic E-state index is 0.0136. The molecule has 5 rings (SSSR count). The zero-order chi connectivity index (χ0) is 21.4. The van der Waals surface area contributed by atoms with E-state index in [9.17, 15) is 9.59 Å². The van der Waals surface area contributed by atoms with Gasteiger partial charge < -0.3 is 19.8 Å². The van der Waals surface area contributed by atoms with Crippen molar-refractivity contribution in [3.63, 3.8) is 0 Å². The molecule has 0 fully saturated rings. The molecule has 1 aliphatic heterocycles. The molecule has 0 atom stereocenters. The summed E-state index contributed by atoms with van der Waals surface area (Å²) in [6.45, 7) is 1.81. The van der Waals surface area contributed by atoms with E-state index in [0.29, 0.717) is 11.3 Å². The van der Waals surface area contributed by atoms with E-state index in [1.165, 1.54) is 0 Å². The Morgan fingerprint density at radius 1 is 1.32 bits per heavy atom. The number of aromatic amines is 2. The van der Waals surface area contributed by atoms with Crippen molar-refractivity contribution in [3.05, 3.63) is 71.7 Å². The maximum Gasteiger partial charge on any atom is 0.347 e. The summed E-state index contributed by atoms with van der Waals surface area (Å²) < 4.78 is 10.9. The number of ketones is 1. The average molecular weight is 415 g/mol. The van der Waals surface area contributed by atoms with Crippen molar-refractivity contribution in [3.8, 4) is 0 Å². The molecule has 0 amide bonds. The Hall–Kier alpha value is -4.40. The van der Waals surface area contributed by atoms with Crippen LogP contribution < -0.4 is 5.32 Å². The van der Waals surface area contributed by atoms with Gasteiger partial charge in [-0.1, -0.05) is 0 Å². The van der Waals surface area contributed by atoms with Crippen LogP contribution in [-0.2, 0) is 19.1 Å². The number of fused-ring (bicyclic) bond motifs is 2. The van der Waals surface area contributed by atoms with Gasteiger partial charge in [0, 0.05) is 34.4 Å². The molecule has 0 bridgehead atoms. The lowest BCUT2D eigenvalue weighted by Crippen LogP contribution is -2.16. The highest BCUT2D eigenvalue weighted by Gasteiger charge is 2.37. The molecule has 9 heteroatoms. The van der Waals surface area contributed by atoms with Gasteiger partial charge >= 0.3 is 5.97 Å². The number of hydrogen-bond donors (Lipinski definition) is 3. The molecule has 0 spiro atoms. The van der Waals surface area contributed by atoms with Crippen LogP contribution >= 0.6 is 0 Å². The molecule has 4 heterocycles. The van der Waals surface area contributed by atoms with E-state index < -0.39 is 11.8 Å². The van der Waals surface area contributed by atoms with Crippen molar-refractivity contribution in [1.82, 2.24) is 20.2 Å². The van der Waals surface area contributed by atoms with Gasteiger partial charge in [0.15, 0.2) is 11.3 Å². The molecule has 4 aromatic rings. The zero-order valence-corrected chi connectivity index (χ0v) is 16.4. The number of ether oxygens (including phenoxy) is 2. The number of carbonyl (C=O) groups excluding carboxylic acids is 2. The number of rotatable bonds is 5. The number of anilines is 1. The molecule has 154 valence electrons. The predicted molar refractivity (Wildman–Crippen MR) is 114 cm³/mol. The van der Waals surface area contributed by atoms with Crippen LogP contribution in [0.2, 0.25) is 0 Å². The number of esters is 1. The highest BCUT2D eigenvalue weighted by Crippen LogP contribution is 2.30. The van der Waals surface area contributed by atoms with Crippen molar-refractivity contribution in [1.29, 1.82) is 0 Å². The first-order chi connectivity index (χ1) is 15.1. The number of nitrogens with one attached hydrogen (secondary N) is 3. The van der Waals surface area contributed by atoms with E-state index in [-0.39, 0.29) is 23.8 Å². The third-order valence-electron chi connectivity index (χ3n) is 4.84. The van der Waals surface area contributed by atoms with Gasteiger partial charge in [-0.2, -0.15) is 5.10 Å². The highest BCUT2D eigenvalue weighted by molar-refractivity contribution is 6.26. The molecule has 0 radical (unpaired) electrons. The summed E-state index contributed by atoms with van der Waals surface area (Å²) in [5, 5.41) is 11.6. The van der Waals surface area contributed by atoms with E-state index in [4.69, 9.17) is 9.47 Å². The Bertz CT molecular complexity index is 1400. The first-order valence-electron chi connectivity index (χ1n) is 9.62. The number of hydrogen-bond acceptors (Lipinski definition) is 7. The minimum atomic E-state index is -0.747. The Labute approximate surface area is 175 Å². The molecule has 3 aromatic heterocycles. The Kier molecular flexibility index (Phi) is 4.47. The standard InChI is InChI=1S/C22H17N5O4/c1-2-30-22(29)18-19(28)17(9-12-10-24-20-15(12)4-3-7-23-20)31-21(18)26-14-5-6-16-13(8-14)11-25-27-16/h3-11,26H,2H2,1H3,(H,23,24)(H,25,27)/b17-9-. The van der Waals surface area contributed by atoms with Gasteiger partial charge in [0.25, 0.3) is 0 Å². The van der Waals surface area contributed by atoms with Crippen LogP contribution in [0, 0.1) is 0 Å². The van der Waals surface area contributed by atoms with Gasteiger partial charge in [-0.25, -0.2) is 9.78 Å². The first kappa shape index (κ1) is 18.6. The van der Waals surface area contributed by atoms with Gasteiger partial charge in [-0.15, -0.1) is 0 Å². The summed E-state index contributed by atoms with van der Waals surface area (Å²) in [6.07, 6.45) is 6.66. The third-order valence-corrected chi connectivity index (χ3v) is 4.84. The van der Waals surface area contributed by atoms with E-state index in [2.05, 4.69) is 25.5 Å². The van der Waals surface area contributed by atoms with Crippen LogP contribution in [0.3, 0.4) is 0 Å². The summed E-state index contributed by atoms with van der Waals surface area (Å²) in [5.41, 5.74) is 2.72. The van der Waals surface area contributed by atoms with Gasteiger partial charge in [0.2, 0.25) is 11.7 Å². The fraction of sp³-hybridized carbons (Fsp3) is 0.0909. The predicted octanol–water partition coefficient (Wildman–Crippen LogP) is 3.27. The van der Waals surface area contributed by atoms with E-state index in [0.717, 1.165) is 21.9 Å². The van der Waals surface area contributed by atoms with Crippen LogP contribution in [0.5, 0.6) is 0 Å². The number of H-pyrrole nitrogens is 2. The lowest BCUT2D eigenvalue weighted by atomic mass is 10.1. The summed E-state index contributed by atoms with van der Waals surface area (Å²) in [7, 11) is 0. The summed E-state index contributed by atoms with van der Waals surface area (Å²) in [4.78, 5) is 32.8. The molecule has 0 unspecified atom stereocenters. The highest BCUT2D eigenvalue weighted by atomic mass is 16.5. The van der Waals surface area contributed by atoms with Crippen LogP contribution in [-0.4, -0.2) is 38.5 Å². The molecule has 31 heavy (non-hydrogen) atoms. The number of pyridine rings is 1. The quantitative estimate of drug-likeness (QED) is 0.260. The Balaban J connectivity index is 1.51. The number of benzene rings is 1. The lowest BCUT2D eigenvalue weighted by molar-refractivity contribution is -0.139. The van der Waals surface area contributed by atoms with Crippen molar-refractivity contribution in [2.45, 2.75) is 6.92 Å². The molecule has 1 aromatic carbocycles. The van der Waals surface area contributed by atoms with E-state index in [1.807, 2.05) is 18.2 Å². The first-order valence-corrected chi connectivity index (χ1v) is 9.62. The topological polar surface area (TPSA) is 122 Å². The second-order valence-corrected chi connectivity index (χ2v) is 6.80. The fourth-order valence-corrected chi connectivity index (χ4v) is 3.39. The number of aromatic nitrogens is 4. The number of allylic oxidation sites excluding steroid dienone is 1. The van der Waals surface area contributed by atoms with Gasteiger partial charge in [0.05, 0.1) is 18.3 Å². The van der Waals surface area contributed by atoms with Gasteiger partial charge in [-0.3, -0.25) is 9.89 Å². The third kappa shape index (κ3) is 3.31. The van der Waals surface area contributed by atoms with E-state index in [1.54, 1.807) is 43.7 Å². The smallest absolute Gasteiger partial charge is 0.347 e. The van der Waals surface area contributed by atoms with Crippen molar-refractivity contribution < 1.29 is 19.1 Å². The van der Waals surface area contributed by atoms with Crippen molar-refractivity contribution in [2.75, 3.05) is 11.9 Å². The number of carbonyl (C=O) groups is 2. The fourth-order valence-electron chi connectivity index (χ4n) is 3.39. The molecule has 0 aliphatic carbocycles. The number of Topliss-reactive ketones (excluding diaryl/α,β-unsaturated/α-hetero) is 1. The van der Waals surface area contributed by atoms with Crippen molar-refractivity contribution in [2.24, 2.45) is 0 Å². The second kappa shape index (κ2) is 7.45. The SMILES string of the molecule is CCOC(=O)C1=C(Nc2ccc3[nH]ncc3c2)O/C(=C\c2c[nH]c3ncccc23)C1=O. The molecule has 3 N–H and O–H groups in total. The largest absolute Gasteiger partial charge is 0.462 e. The Morgan fingerprint density at radius 2 is 2.23 bits per heavy atom. The van der Waals surface area contributed by atoms with Crippen LogP contribution in [0.4, 0.5) is 5.69 Å². The molecule has 1 aliphatic rings. The lowest BCUT2D eigenvalue weighted by Gasteiger charge is -2.09.